The Morgan fingerprint density at radius 2 is 2.17 bits per heavy atom. The van der Waals surface area contributed by atoms with Crippen LogP contribution in [0.25, 0.3) is 20.7 Å². The summed E-state index contributed by atoms with van der Waals surface area (Å²) in [5, 5.41) is 18.3. The maximum atomic E-state index is 12.6. The predicted molar refractivity (Wildman–Crippen MR) is 121 cm³/mol. The van der Waals surface area contributed by atoms with Crippen molar-refractivity contribution < 1.29 is 9.72 Å². The van der Waals surface area contributed by atoms with Crippen molar-refractivity contribution in [3.8, 4) is 10.4 Å². The van der Waals surface area contributed by atoms with Gasteiger partial charge in [0.1, 0.15) is 4.83 Å². The molecule has 0 atom stereocenters. The average molecular weight is 459 g/mol. The van der Waals surface area contributed by atoms with E-state index in [9.17, 15) is 19.7 Å². The van der Waals surface area contributed by atoms with Gasteiger partial charge in [-0.1, -0.05) is 23.9 Å². The molecule has 3 aromatic heterocycles. The Labute approximate surface area is 182 Å². The van der Waals surface area contributed by atoms with Crippen molar-refractivity contribution in [1.29, 1.82) is 0 Å². The molecule has 0 fully saturated rings. The number of nitrogens with zero attached hydrogens (tertiary/aromatic N) is 2. The minimum Gasteiger partial charge on any atom is -0.325 e. The molecule has 30 heavy (non-hydrogen) atoms. The van der Waals surface area contributed by atoms with E-state index in [2.05, 4.69) is 15.3 Å². The number of nitro benzene ring substituents is 1. The van der Waals surface area contributed by atoms with Crippen molar-refractivity contribution in [1.82, 2.24) is 9.97 Å². The van der Waals surface area contributed by atoms with E-state index >= 15 is 0 Å². The van der Waals surface area contributed by atoms with Gasteiger partial charge in [-0.2, -0.15) is 0 Å². The van der Waals surface area contributed by atoms with Crippen molar-refractivity contribution in [2.24, 2.45) is 0 Å². The summed E-state index contributed by atoms with van der Waals surface area (Å²) in [6.45, 7) is 1.75. The number of thiophene rings is 2. The highest BCUT2D eigenvalue weighted by Crippen LogP contribution is 2.34. The fraction of sp³-hybridized carbons (Fsp3) is 0.105. The number of carbonyl (C=O) groups excluding carboxylic acids is 1. The summed E-state index contributed by atoms with van der Waals surface area (Å²) >= 11 is 4.03. The molecular formula is C19H14N4O4S3. The van der Waals surface area contributed by atoms with Crippen LogP contribution >= 0.6 is 34.4 Å². The second-order valence-electron chi connectivity index (χ2n) is 6.27. The number of aromatic nitrogens is 2. The van der Waals surface area contributed by atoms with E-state index in [1.807, 2.05) is 22.9 Å². The molecule has 0 spiro atoms. The van der Waals surface area contributed by atoms with Crippen molar-refractivity contribution in [2.45, 2.75) is 12.1 Å². The van der Waals surface area contributed by atoms with E-state index in [1.165, 1.54) is 23.5 Å². The number of benzene rings is 1. The van der Waals surface area contributed by atoms with Gasteiger partial charge in [-0.15, -0.1) is 22.7 Å². The molecule has 1 aromatic carbocycles. The topological polar surface area (TPSA) is 118 Å². The number of nitro groups is 1. The minimum atomic E-state index is -0.515. The largest absolute Gasteiger partial charge is 0.325 e. The monoisotopic (exact) mass is 458 g/mol. The molecule has 4 rings (SSSR count). The van der Waals surface area contributed by atoms with Crippen LogP contribution < -0.4 is 10.9 Å². The molecule has 4 aromatic rings. The number of hydrogen-bond acceptors (Lipinski definition) is 8. The molecule has 0 radical (unpaired) electrons. The van der Waals surface area contributed by atoms with Crippen LogP contribution in [0.1, 0.15) is 5.56 Å². The van der Waals surface area contributed by atoms with Crippen molar-refractivity contribution >= 4 is 61.9 Å². The molecule has 0 saturated carbocycles. The molecule has 0 saturated heterocycles. The lowest BCUT2D eigenvalue weighted by atomic mass is 10.2. The standard InChI is InChI=1S/C19H14N4O4S3/c1-10-4-5-11(23(26)27)7-13(10)20-15(24)9-30-19-21-17(25)16-12(8-29-18(16)22-19)14-3-2-6-28-14/h2-8H,9H2,1H3,(H,20,24)(H,21,22,25). The number of non-ortho nitro benzene ring substituents is 1. The minimum absolute atomic E-state index is 0.000262. The summed E-state index contributed by atoms with van der Waals surface area (Å²) in [6.07, 6.45) is 0. The number of rotatable bonds is 6. The number of aromatic amines is 1. The van der Waals surface area contributed by atoms with Crippen LogP contribution in [0.4, 0.5) is 11.4 Å². The molecule has 0 bridgehead atoms. The second-order valence-corrected chi connectivity index (χ2v) is 9.04. The van der Waals surface area contributed by atoms with Gasteiger partial charge in [0.05, 0.1) is 21.7 Å². The lowest BCUT2D eigenvalue weighted by Crippen LogP contribution is -2.16. The van der Waals surface area contributed by atoms with Crippen LogP contribution in [0, 0.1) is 17.0 Å². The maximum absolute atomic E-state index is 12.6. The van der Waals surface area contributed by atoms with Crippen LogP contribution in [0.15, 0.2) is 51.0 Å². The van der Waals surface area contributed by atoms with Gasteiger partial charge < -0.3 is 10.3 Å². The number of aryl methyl sites for hydroxylation is 1. The first kappa shape index (κ1) is 20.3. The summed E-state index contributed by atoms with van der Waals surface area (Å²) in [5.41, 5.74) is 1.60. The van der Waals surface area contributed by atoms with Gasteiger partial charge >= 0.3 is 0 Å². The highest BCUT2D eigenvalue weighted by molar-refractivity contribution is 7.99. The van der Waals surface area contributed by atoms with Crippen LogP contribution in [0.5, 0.6) is 0 Å². The Morgan fingerprint density at radius 3 is 2.90 bits per heavy atom. The predicted octanol–water partition coefficient (Wildman–Crippen LogP) is 4.66. The fourth-order valence-electron chi connectivity index (χ4n) is 2.79. The number of thioether (sulfide) groups is 1. The molecule has 3 heterocycles. The normalized spacial score (nSPS) is 11.0. The molecule has 152 valence electrons. The van der Waals surface area contributed by atoms with Crippen LogP contribution in [0.3, 0.4) is 0 Å². The maximum Gasteiger partial charge on any atom is 0.271 e. The summed E-state index contributed by atoms with van der Waals surface area (Å²) < 4.78 is 0. The molecule has 1 amide bonds. The fourth-order valence-corrected chi connectivity index (χ4v) is 5.27. The zero-order valence-electron chi connectivity index (χ0n) is 15.5. The van der Waals surface area contributed by atoms with Crippen molar-refractivity contribution in [3.05, 3.63) is 67.1 Å². The van der Waals surface area contributed by atoms with Gasteiger partial charge in [0.15, 0.2) is 5.16 Å². The third kappa shape index (κ3) is 4.13. The lowest BCUT2D eigenvalue weighted by molar-refractivity contribution is -0.384. The molecule has 2 N–H and O–H groups in total. The van der Waals surface area contributed by atoms with E-state index < -0.39 is 4.92 Å². The van der Waals surface area contributed by atoms with Gasteiger partial charge in [0, 0.05) is 28.0 Å². The zero-order chi connectivity index (χ0) is 21.3. The van der Waals surface area contributed by atoms with Gasteiger partial charge in [-0.05, 0) is 23.9 Å². The number of anilines is 1. The van der Waals surface area contributed by atoms with E-state index in [-0.39, 0.29) is 22.9 Å². The van der Waals surface area contributed by atoms with Gasteiger partial charge in [0.2, 0.25) is 5.91 Å². The summed E-state index contributed by atoms with van der Waals surface area (Å²) in [6, 6.07) is 8.16. The number of nitrogens with one attached hydrogen (secondary N) is 2. The lowest BCUT2D eigenvalue weighted by Gasteiger charge is -2.08. The number of fused-ring (bicyclic) bond motifs is 1. The third-order valence-electron chi connectivity index (χ3n) is 4.25. The molecule has 0 aliphatic rings. The Hall–Kier alpha value is -3.02. The number of H-pyrrole nitrogens is 1. The first-order valence-electron chi connectivity index (χ1n) is 8.65. The smallest absolute Gasteiger partial charge is 0.271 e. The van der Waals surface area contributed by atoms with Crippen molar-refractivity contribution in [2.75, 3.05) is 11.1 Å². The molecular weight excluding hydrogens is 444 g/mol. The van der Waals surface area contributed by atoms with Crippen LogP contribution in [0.2, 0.25) is 0 Å². The van der Waals surface area contributed by atoms with E-state index in [0.29, 0.717) is 26.6 Å². The third-order valence-corrected chi connectivity index (χ3v) is 6.90. The highest BCUT2D eigenvalue weighted by atomic mass is 32.2. The van der Waals surface area contributed by atoms with Crippen molar-refractivity contribution in [3.63, 3.8) is 0 Å². The van der Waals surface area contributed by atoms with Gasteiger partial charge in [-0.25, -0.2) is 4.98 Å². The molecule has 8 nitrogen and oxygen atoms in total. The Kier molecular flexibility index (Phi) is 5.66. The van der Waals surface area contributed by atoms with Gasteiger partial charge in [0.25, 0.3) is 11.2 Å². The molecule has 11 heteroatoms. The summed E-state index contributed by atoms with van der Waals surface area (Å²) in [4.78, 5) is 44.1. The SMILES string of the molecule is Cc1ccc([N+](=O)[O-])cc1NC(=O)CSc1nc2scc(-c3cccs3)c2c(=O)[nH]1. The van der Waals surface area contributed by atoms with E-state index in [4.69, 9.17) is 0 Å². The summed E-state index contributed by atoms with van der Waals surface area (Å²) in [7, 11) is 0. The average Bonchev–Trinajstić information content (AvgIpc) is 3.37. The Balaban J connectivity index is 1.49. The molecule has 0 aliphatic heterocycles. The van der Waals surface area contributed by atoms with E-state index in [0.717, 1.165) is 22.2 Å². The first-order valence-corrected chi connectivity index (χ1v) is 11.4. The van der Waals surface area contributed by atoms with E-state index in [1.54, 1.807) is 24.3 Å². The first-order chi connectivity index (χ1) is 14.4. The molecule has 0 unspecified atom stereocenters. The Bertz CT molecular complexity index is 1310. The van der Waals surface area contributed by atoms with Gasteiger partial charge in [-0.3, -0.25) is 19.7 Å². The number of amides is 1. The molecule has 0 aliphatic carbocycles. The quantitative estimate of drug-likeness (QED) is 0.188. The summed E-state index contributed by atoms with van der Waals surface area (Å²) in [5.74, 6) is -0.350. The van der Waals surface area contributed by atoms with Crippen LogP contribution in [-0.4, -0.2) is 26.6 Å². The second kappa shape index (κ2) is 8.38. The number of hydrogen-bond donors (Lipinski definition) is 2. The highest BCUT2D eigenvalue weighted by Gasteiger charge is 2.15. The Morgan fingerprint density at radius 1 is 1.33 bits per heavy atom. The number of carbonyl (C=O) groups is 1. The van der Waals surface area contributed by atoms with Crippen LogP contribution in [-0.2, 0) is 4.79 Å². The zero-order valence-corrected chi connectivity index (χ0v) is 18.0.